The van der Waals surface area contributed by atoms with Crippen LogP contribution in [0.3, 0.4) is 0 Å². The molecule has 2 rings (SSSR count). The van der Waals surface area contributed by atoms with Gasteiger partial charge in [-0.25, -0.2) is 0 Å². The molecule has 0 aliphatic carbocycles. The predicted molar refractivity (Wildman–Crippen MR) is 120 cm³/mol. The number of hydrogen-bond acceptors (Lipinski definition) is 4. The molecule has 0 bridgehead atoms. The Labute approximate surface area is 182 Å². The second-order valence-corrected chi connectivity index (χ2v) is 10.3. The Kier molecular flexibility index (Phi) is 9.61. The first-order chi connectivity index (χ1) is 14.1. The largest absolute Gasteiger partial charge is 0.481 e. The number of aliphatic carboxylic acids is 2. The fourth-order valence-electron chi connectivity index (χ4n) is 6.41. The average Bonchev–Trinajstić information content (AvgIpc) is 2.62. The van der Waals surface area contributed by atoms with Gasteiger partial charge >= 0.3 is 11.9 Å². The van der Waals surface area contributed by atoms with Crippen molar-refractivity contribution in [2.75, 3.05) is 0 Å². The van der Waals surface area contributed by atoms with Crippen molar-refractivity contribution in [3.05, 3.63) is 0 Å². The molecule has 0 radical (unpaired) electrons. The van der Waals surface area contributed by atoms with Crippen LogP contribution in [-0.4, -0.2) is 46.3 Å². The smallest absolute Gasteiger partial charge is 0.310 e. The first-order valence-electron chi connectivity index (χ1n) is 12.1. The molecular formula is C24H44N2O4. The number of carbonyl (C=O) groups is 2. The monoisotopic (exact) mass is 424 g/mol. The number of piperidine rings is 2. The Morgan fingerprint density at radius 2 is 1.13 bits per heavy atom. The van der Waals surface area contributed by atoms with E-state index >= 15 is 0 Å². The van der Waals surface area contributed by atoms with E-state index in [1.165, 1.54) is 0 Å². The van der Waals surface area contributed by atoms with Gasteiger partial charge in [0.15, 0.2) is 0 Å². The van der Waals surface area contributed by atoms with Crippen molar-refractivity contribution in [1.29, 1.82) is 0 Å². The van der Waals surface area contributed by atoms with Crippen LogP contribution in [0.25, 0.3) is 0 Å². The van der Waals surface area contributed by atoms with Crippen molar-refractivity contribution in [2.45, 2.75) is 122 Å². The van der Waals surface area contributed by atoms with Gasteiger partial charge in [-0.15, -0.1) is 0 Å². The summed E-state index contributed by atoms with van der Waals surface area (Å²) in [4.78, 5) is 23.7. The van der Waals surface area contributed by atoms with Gasteiger partial charge < -0.3 is 20.8 Å². The van der Waals surface area contributed by atoms with Gasteiger partial charge in [-0.2, -0.15) is 0 Å². The van der Waals surface area contributed by atoms with Crippen molar-refractivity contribution < 1.29 is 19.8 Å². The van der Waals surface area contributed by atoms with Crippen LogP contribution in [0.15, 0.2) is 0 Å². The van der Waals surface area contributed by atoms with Gasteiger partial charge in [-0.3, -0.25) is 9.59 Å². The molecular weight excluding hydrogens is 380 g/mol. The average molecular weight is 425 g/mol. The van der Waals surface area contributed by atoms with Gasteiger partial charge in [0, 0.05) is 30.6 Å². The van der Waals surface area contributed by atoms with E-state index in [4.69, 9.17) is 5.11 Å². The highest BCUT2D eigenvalue weighted by molar-refractivity contribution is 5.75. The molecule has 2 saturated heterocycles. The summed E-state index contributed by atoms with van der Waals surface area (Å²) in [6.45, 7) is 8.74. The van der Waals surface area contributed by atoms with E-state index in [1.807, 2.05) is 0 Å². The fourth-order valence-corrected chi connectivity index (χ4v) is 6.41. The summed E-state index contributed by atoms with van der Waals surface area (Å²) in [7, 11) is 0. The van der Waals surface area contributed by atoms with E-state index in [2.05, 4.69) is 38.3 Å². The molecule has 0 aromatic rings. The molecule has 6 heteroatoms. The SMILES string of the molecule is CC1CC(C(CCCCCCCC(=O)O)(C(=O)O)C2CC(C)NC(C)C2)CC(C)N1. The zero-order chi connectivity index (χ0) is 22.3. The van der Waals surface area contributed by atoms with E-state index in [1.54, 1.807) is 0 Å². The molecule has 30 heavy (non-hydrogen) atoms. The standard InChI is InChI=1S/C24H44N2O4/c1-16-12-20(13-17(2)25-16)24(23(29)30,21-14-18(3)26-19(4)15-21)11-9-7-5-6-8-10-22(27)28/h16-21,25-26H,5-15H2,1-4H3,(H,27,28)(H,29,30). The molecule has 0 saturated carbocycles. The number of nitrogens with one attached hydrogen (secondary N) is 2. The minimum Gasteiger partial charge on any atom is -0.481 e. The lowest BCUT2D eigenvalue weighted by Gasteiger charge is -2.50. The van der Waals surface area contributed by atoms with Crippen LogP contribution in [0.2, 0.25) is 0 Å². The van der Waals surface area contributed by atoms with E-state index in [0.29, 0.717) is 30.6 Å². The van der Waals surface area contributed by atoms with Crippen molar-refractivity contribution in [1.82, 2.24) is 10.6 Å². The molecule has 2 aliphatic heterocycles. The van der Waals surface area contributed by atoms with Gasteiger partial charge in [0.2, 0.25) is 0 Å². The van der Waals surface area contributed by atoms with Crippen molar-refractivity contribution in [3.8, 4) is 0 Å². The minimum absolute atomic E-state index is 0.204. The van der Waals surface area contributed by atoms with Crippen molar-refractivity contribution in [3.63, 3.8) is 0 Å². The summed E-state index contributed by atoms with van der Waals surface area (Å²) >= 11 is 0. The predicted octanol–water partition coefficient (Wildman–Crippen LogP) is 4.43. The Balaban J connectivity index is 2.13. The highest BCUT2D eigenvalue weighted by Crippen LogP contribution is 2.51. The van der Waals surface area contributed by atoms with Crippen LogP contribution in [0.1, 0.15) is 98.3 Å². The first kappa shape index (κ1) is 25.1. The lowest BCUT2D eigenvalue weighted by Crippen LogP contribution is -2.56. The summed E-state index contributed by atoms with van der Waals surface area (Å²) in [5.41, 5.74) is -0.656. The van der Waals surface area contributed by atoms with E-state index in [0.717, 1.165) is 57.8 Å². The quantitative estimate of drug-likeness (QED) is 0.366. The second kappa shape index (κ2) is 11.5. The number of unbranched alkanes of at least 4 members (excludes halogenated alkanes) is 4. The van der Waals surface area contributed by atoms with Gasteiger partial charge in [0.25, 0.3) is 0 Å². The molecule has 6 nitrogen and oxygen atoms in total. The van der Waals surface area contributed by atoms with Crippen LogP contribution in [0, 0.1) is 17.3 Å². The van der Waals surface area contributed by atoms with E-state index in [-0.39, 0.29) is 18.3 Å². The minimum atomic E-state index is -0.733. The van der Waals surface area contributed by atoms with Crippen LogP contribution < -0.4 is 10.6 Å². The number of rotatable bonds is 11. The molecule has 2 aliphatic rings. The summed E-state index contributed by atoms with van der Waals surface area (Å²) in [5, 5.41) is 26.6. The summed E-state index contributed by atoms with van der Waals surface area (Å²) in [5.74, 6) is -0.916. The van der Waals surface area contributed by atoms with Gasteiger partial charge in [0.1, 0.15) is 0 Å². The number of carboxylic acid groups (broad SMARTS) is 2. The molecule has 0 spiro atoms. The molecule has 4 atom stereocenters. The highest BCUT2D eigenvalue weighted by atomic mass is 16.4. The van der Waals surface area contributed by atoms with Crippen molar-refractivity contribution in [2.24, 2.45) is 17.3 Å². The maximum Gasteiger partial charge on any atom is 0.310 e. The van der Waals surface area contributed by atoms with Crippen LogP contribution >= 0.6 is 0 Å². The van der Waals surface area contributed by atoms with Crippen LogP contribution in [0.5, 0.6) is 0 Å². The maximum atomic E-state index is 13.0. The molecule has 4 N–H and O–H groups in total. The van der Waals surface area contributed by atoms with Crippen LogP contribution in [-0.2, 0) is 9.59 Å². The lowest BCUT2D eigenvalue weighted by atomic mass is 9.56. The molecule has 4 unspecified atom stereocenters. The topological polar surface area (TPSA) is 98.7 Å². The Bertz CT molecular complexity index is 521. The highest BCUT2D eigenvalue weighted by Gasteiger charge is 2.53. The van der Waals surface area contributed by atoms with E-state index < -0.39 is 17.4 Å². The zero-order valence-electron chi connectivity index (χ0n) is 19.5. The fraction of sp³-hybridized carbons (Fsp3) is 0.917. The Morgan fingerprint density at radius 3 is 1.53 bits per heavy atom. The van der Waals surface area contributed by atoms with Crippen molar-refractivity contribution >= 4 is 11.9 Å². The molecule has 2 fully saturated rings. The molecule has 0 amide bonds. The lowest BCUT2D eigenvalue weighted by molar-refractivity contribution is -0.162. The molecule has 2 heterocycles. The summed E-state index contributed by atoms with van der Waals surface area (Å²) in [6, 6.07) is 1.41. The third-order valence-electron chi connectivity index (χ3n) is 7.53. The maximum absolute atomic E-state index is 13.0. The second-order valence-electron chi connectivity index (χ2n) is 10.3. The number of carboxylic acids is 2. The van der Waals surface area contributed by atoms with Gasteiger partial charge in [0.05, 0.1) is 5.41 Å². The normalized spacial score (nSPS) is 34.3. The summed E-state index contributed by atoms with van der Waals surface area (Å²) < 4.78 is 0. The van der Waals surface area contributed by atoms with E-state index in [9.17, 15) is 14.7 Å². The van der Waals surface area contributed by atoms with Gasteiger partial charge in [-0.05, 0) is 78.1 Å². The number of hydrogen-bond donors (Lipinski definition) is 4. The molecule has 0 aromatic carbocycles. The third kappa shape index (κ3) is 6.68. The van der Waals surface area contributed by atoms with Gasteiger partial charge in [-0.1, -0.05) is 25.7 Å². The Morgan fingerprint density at radius 1 is 0.733 bits per heavy atom. The first-order valence-corrected chi connectivity index (χ1v) is 12.1. The molecule has 174 valence electrons. The zero-order valence-corrected chi connectivity index (χ0v) is 19.5. The molecule has 0 aromatic heterocycles. The van der Waals surface area contributed by atoms with Crippen LogP contribution in [0.4, 0.5) is 0 Å². The third-order valence-corrected chi connectivity index (χ3v) is 7.53. The summed E-state index contributed by atoms with van der Waals surface area (Å²) in [6.07, 6.45) is 9.22. The Hall–Kier alpha value is -1.14.